The van der Waals surface area contributed by atoms with Gasteiger partial charge in [-0.3, -0.25) is 9.59 Å². The lowest BCUT2D eigenvalue weighted by Gasteiger charge is -2.24. The van der Waals surface area contributed by atoms with E-state index in [9.17, 15) is 14.4 Å². The summed E-state index contributed by atoms with van der Waals surface area (Å²) in [6.45, 7) is 2.48. The second kappa shape index (κ2) is 10.8. The van der Waals surface area contributed by atoms with Gasteiger partial charge in [0.05, 0.1) is 22.9 Å². The van der Waals surface area contributed by atoms with Gasteiger partial charge in [-0.2, -0.15) is 0 Å². The molecule has 34 heavy (non-hydrogen) atoms. The summed E-state index contributed by atoms with van der Waals surface area (Å²) in [5, 5.41) is 2.94. The number of thioether (sulfide) groups is 1. The van der Waals surface area contributed by atoms with E-state index in [1.165, 1.54) is 6.07 Å². The first-order valence-electron chi connectivity index (χ1n) is 10.8. The average molecular weight is 495 g/mol. The van der Waals surface area contributed by atoms with Crippen LogP contribution < -0.4 is 5.32 Å². The molecule has 6 nitrogen and oxygen atoms in total. The molecule has 2 amide bonds. The zero-order valence-corrected chi connectivity index (χ0v) is 20.1. The number of esters is 1. The molecule has 0 radical (unpaired) electrons. The van der Waals surface area contributed by atoms with Crippen LogP contribution in [0.1, 0.15) is 44.1 Å². The standard InChI is InChI=1S/C26H23ClN2O4S/c1-2-33-26(32)21-14-20(12-13-22(21)27)28-24(31)18-8-10-19(11-9-18)25-29(23(30)16-34-25)15-17-6-4-3-5-7-17/h3-14,25H,2,15-16H2,1H3,(H,28,31)/t25-/m1/s1. The summed E-state index contributed by atoms with van der Waals surface area (Å²) in [7, 11) is 0. The van der Waals surface area contributed by atoms with E-state index >= 15 is 0 Å². The van der Waals surface area contributed by atoms with Crippen molar-refractivity contribution in [3.05, 3.63) is 100 Å². The number of amides is 2. The van der Waals surface area contributed by atoms with Crippen molar-refractivity contribution in [2.45, 2.75) is 18.8 Å². The SMILES string of the molecule is CCOC(=O)c1cc(NC(=O)c2ccc([C@H]3SCC(=O)N3Cc3ccccc3)cc2)ccc1Cl. The Bertz CT molecular complexity index is 1200. The van der Waals surface area contributed by atoms with Gasteiger partial charge in [-0.25, -0.2) is 4.79 Å². The molecular weight excluding hydrogens is 472 g/mol. The van der Waals surface area contributed by atoms with E-state index < -0.39 is 5.97 Å². The monoisotopic (exact) mass is 494 g/mol. The lowest BCUT2D eigenvalue weighted by atomic mass is 10.1. The number of carbonyl (C=O) groups is 3. The Balaban J connectivity index is 1.46. The van der Waals surface area contributed by atoms with Crippen molar-refractivity contribution < 1.29 is 19.1 Å². The van der Waals surface area contributed by atoms with E-state index in [1.807, 2.05) is 47.4 Å². The van der Waals surface area contributed by atoms with E-state index in [2.05, 4.69) is 5.32 Å². The fourth-order valence-corrected chi connectivity index (χ4v) is 5.03. The third-order valence-corrected chi connectivity index (χ3v) is 6.93. The highest BCUT2D eigenvalue weighted by atomic mass is 35.5. The summed E-state index contributed by atoms with van der Waals surface area (Å²) < 4.78 is 5.00. The molecule has 174 valence electrons. The van der Waals surface area contributed by atoms with Gasteiger partial charge in [-0.15, -0.1) is 11.8 Å². The molecular formula is C26H23ClN2O4S. The number of rotatable bonds is 7. The van der Waals surface area contributed by atoms with E-state index in [4.69, 9.17) is 16.3 Å². The van der Waals surface area contributed by atoms with Crippen LogP contribution in [-0.2, 0) is 16.1 Å². The third kappa shape index (κ3) is 5.43. The van der Waals surface area contributed by atoms with Crippen LogP contribution in [0.15, 0.2) is 72.8 Å². The molecule has 0 aromatic heterocycles. The molecule has 4 rings (SSSR count). The normalized spacial score (nSPS) is 15.3. The molecule has 0 bridgehead atoms. The minimum Gasteiger partial charge on any atom is -0.462 e. The van der Waals surface area contributed by atoms with E-state index in [1.54, 1.807) is 43.0 Å². The number of benzene rings is 3. The number of nitrogens with zero attached hydrogens (tertiary/aromatic N) is 1. The number of hydrogen-bond acceptors (Lipinski definition) is 5. The zero-order valence-electron chi connectivity index (χ0n) is 18.5. The second-order valence-corrected chi connectivity index (χ2v) is 9.14. The Hall–Kier alpha value is -3.29. The fourth-order valence-electron chi connectivity index (χ4n) is 3.65. The molecule has 3 aromatic carbocycles. The van der Waals surface area contributed by atoms with Crippen LogP contribution in [0.5, 0.6) is 0 Å². The Morgan fingerprint density at radius 2 is 1.82 bits per heavy atom. The first-order chi connectivity index (χ1) is 16.5. The van der Waals surface area contributed by atoms with Gasteiger partial charge in [-0.05, 0) is 48.4 Å². The van der Waals surface area contributed by atoms with Gasteiger partial charge in [-0.1, -0.05) is 54.1 Å². The average Bonchev–Trinajstić information content (AvgIpc) is 3.21. The molecule has 1 N–H and O–H groups in total. The summed E-state index contributed by atoms with van der Waals surface area (Å²) in [5.74, 6) is -0.337. The summed E-state index contributed by atoms with van der Waals surface area (Å²) in [6, 6.07) is 21.8. The van der Waals surface area contributed by atoms with E-state index in [-0.39, 0.29) is 34.4 Å². The summed E-state index contributed by atoms with van der Waals surface area (Å²) in [6.07, 6.45) is 0. The van der Waals surface area contributed by atoms with Crippen LogP contribution in [-0.4, -0.2) is 35.0 Å². The molecule has 3 aromatic rings. The van der Waals surface area contributed by atoms with Crippen LogP contribution in [0.25, 0.3) is 0 Å². The first-order valence-corrected chi connectivity index (χ1v) is 12.2. The van der Waals surface area contributed by atoms with Gasteiger partial charge in [0, 0.05) is 17.8 Å². The van der Waals surface area contributed by atoms with E-state index in [0.29, 0.717) is 23.5 Å². The molecule has 1 aliphatic heterocycles. The van der Waals surface area contributed by atoms with Crippen molar-refractivity contribution in [1.29, 1.82) is 0 Å². The van der Waals surface area contributed by atoms with Crippen molar-refractivity contribution in [2.24, 2.45) is 0 Å². The highest BCUT2D eigenvalue weighted by Crippen LogP contribution is 2.39. The maximum atomic E-state index is 12.8. The maximum absolute atomic E-state index is 12.8. The van der Waals surface area contributed by atoms with Gasteiger partial charge < -0.3 is 15.0 Å². The summed E-state index contributed by atoms with van der Waals surface area (Å²) in [5.41, 5.74) is 3.12. The number of nitrogens with one attached hydrogen (secondary N) is 1. The van der Waals surface area contributed by atoms with Gasteiger partial charge >= 0.3 is 5.97 Å². The van der Waals surface area contributed by atoms with Crippen LogP contribution in [0, 0.1) is 0 Å². The third-order valence-electron chi connectivity index (χ3n) is 5.34. The molecule has 0 unspecified atom stereocenters. The van der Waals surface area contributed by atoms with Crippen molar-refractivity contribution in [3.63, 3.8) is 0 Å². The highest BCUT2D eigenvalue weighted by Gasteiger charge is 2.32. The zero-order chi connectivity index (χ0) is 24.1. The van der Waals surface area contributed by atoms with E-state index in [0.717, 1.165) is 11.1 Å². The Morgan fingerprint density at radius 3 is 2.53 bits per heavy atom. The van der Waals surface area contributed by atoms with Crippen LogP contribution in [0.4, 0.5) is 5.69 Å². The topological polar surface area (TPSA) is 75.7 Å². The number of hydrogen-bond donors (Lipinski definition) is 1. The van der Waals surface area contributed by atoms with Crippen molar-refractivity contribution in [3.8, 4) is 0 Å². The quantitative estimate of drug-likeness (QED) is 0.436. The molecule has 1 heterocycles. The molecule has 1 atom stereocenters. The molecule has 8 heteroatoms. The largest absolute Gasteiger partial charge is 0.462 e. The predicted octanol–water partition coefficient (Wildman–Crippen LogP) is 5.54. The van der Waals surface area contributed by atoms with Gasteiger partial charge in [0.15, 0.2) is 0 Å². The predicted molar refractivity (Wildman–Crippen MR) is 134 cm³/mol. The first kappa shape index (κ1) is 23.9. The molecule has 1 fully saturated rings. The van der Waals surface area contributed by atoms with Crippen molar-refractivity contribution in [1.82, 2.24) is 4.90 Å². The lowest BCUT2D eigenvalue weighted by Crippen LogP contribution is -2.27. The highest BCUT2D eigenvalue weighted by molar-refractivity contribution is 8.00. The molecule has 1 aliphatic rings. The Labute approximate surface area is 207 Å². The number of carbonyl (C=O) groups excluding carboxylic acids is 3. The van der Waals surface area contributed by atoms with Crippen LogP contribution in [0.2, 0.25) is 5.02 Å². The number of ether oxygens (including phenoxy) is 1. The summed E-state index contributed by atoms with van der Waals surface area (Å²) >= 11 is 7.67. The van der Waals surface area contributed by atoms with Crippen molar-refractivity contribution >= 4 is 46.8 Å². The fraction of sp³-hybridized carbons (Fsp3) is 0.192. The summed E-state index contributed by atoms with van der Waals surface area (Å²) in [4.78, 5) is 39.2. The van der Waals surface area contributed by atoms with Crippen molar-refractivity contribution in [2.75, 3.05) is 17.7 Å². The van der Waals surface area contributed by atoms with Crippen LogP contribution >= 0.6 is 23.4 Å². The van der Waals surface area contributed by atoms with Gasteiger partial charge in [0.2, 0.25) is 5.91 Å². The second-order valence-electron chi connectivity index (χ2n) is 7.66. The molecule has 1 saturated heterocycles. The number of halogens is 1. The van der Waals surface area contributed by atoms with Gasteiger partial charge in [0.25, 0.3) is 5.91 Å². The van der Waals surface area contributed by atoms with Gasteiger partial charge in [0.1, 0.15) is 5.37 Å². The van der Waals surface area contributed by atoms with Crippen LogP contribution in [0.3, 0.4) is 0 Å². The molecule has 0 aliphatic carbocycles. The molecule has 0 saturated carbocycles. The Morgan fingerprint density at radius 1 is 1.09 bits per heavy atom. The smallest absolute Gasteiger partial charge is 0.339 e. The minimum atomic E-state index is -0.545. The maximum Gasteiger partial charge on any atom is 0.339 e. The number of anilines is 1. The lowest BCUT2D eigenvalue weighted by molar-refractivity contribution is -0.128. The molecule has 0 spiro atoms. The Kier molecular flexibility index (Phi) is 7.55. The minimum absolute atomic E-state index is 0.0980.